The Labute approximate surface area is 125 Å². The zero-order valence-corrected chi connectivity index (χ0v) is 12.2. The summed E-state index contributed by atoms with van der Waals surface area (Å²) in [6.45, 7) is 0.359. The van der Waals surface area contributed by atoms with Crippen molar-refractivity contribution >= 4 is 23.2 Å². The van der Waals surface area contributed by atoms with Gasteiger partial charge in [-0.1, -0.05) is 11.6 Å². The molecule has 0 spiro atoms. The van der Waals surface area contributed by atoms with Gasteiger partial charge >= 0.3 is 6.18 Å². The van der Waals surface area contributed by atoms with Crippen LogP contribution in [-0.4, -0.2) is 29.6 Å². The van der Waals surface area contributed by atoms with Crippen LogP contribution in [0.3, 0.4) is 0 Å². The average Bonchev–Trinajstić information content (AvgIpc) is 3.20. The maximum absolute atomic E-state index is 12.8. The van der Waals surface area contributed by atoms with Crippen molar-refractivity contribution in [1.29, 1.82) is 0 Å². The van der Waals surface area contributed by atoms with Crippen molar-refractivity contribution < 1.29 is 18.0 Å². The first-order valence-electron chi connectivity index (χ1n) is 6.62. The van der Waals surface area contributed by atoms with E-state index < -0.39 is 24.7 Å². The summed E-state index contributed by atoms with van der Waals surface area (Å²) in [6.07, 6.45) is -2.77. The van der Waals surface area contributed by atoms with E-state index in [1.165, 1.54) is 18.2 Å². The lowest BCUT2D eigenvalue weighted by molar-refractivity contribution is -0.144. The van der Waals surface area contributed by atoms with Crippen molar-refractivity contribution in [3.05, 3.63) is 28.8 Å². The van der Waals surface area contributed by atoms with Gasteiger partial charge in [-0.15, -0.1) is 0 Å². The number of anilines is 1. The molecule has 3 nitrogen and oxygen atoms in total. The highest BCUT2D eigenvalue weighted by Crippen LogP contribution is 2.37. The summed E-state index contributed by atoms with van der Waals surface area (Å²) in [4.78, 5) is 13.3. The number of rotatable bonds is 4. The predicted molar refractivity (Wildman–Crippen MR) is 75.1 cm³/mol. The molecular formula is C14H16ClF3N2O. The highest BCUT2D eigenvalue weighted by molar-refractivity contribution is 6.31. The Morgan fingerprint density at radius 1 is 1.48 bits per heavy atom. The second-order valence-electron chi connectivity index (χ2n) is 5.36. The molecule has 7 heteroatoms. The van der Waals surface area contributed by atoms with E-state index in [1.807, 2.05) is 0 Å². The van der Waals surface area contributed by atoms with Gasteiger partial charge in [-0.3, -0.25) is 4.79 Å². The van der Waals surface area contributed by atoms with Crippen molar-refractivity contribution in [2.24, 2.45) is 5.92 Å². The molecule has 1 aliphatic rings. The van der Waals surface area contributed by atoms with Crippen LogP contribution in [0.15, 0.2) is 18.2 Å². The van der Waals surface area contributed by atoms with E-state index in [4.69, 9.17) is 17.3 Å². The van der Waals surface area contributed by atoms with Crippen LogP contribution < -0.4 is 5.73 Å². The molecule has 1 aromatic carbocycles. The molecular weight excluding hydrogens is 305 g/mol. The van der Waals surface area contributed by atoms with E-state index in [2.05, 4.69) is 0 Å². The van der Waals surface area contributed by atoms with Crippen LogP contribution in [0.4, 0.5) is 18.9 Å². The van der Waals surface area contributed by atoms with Gasteiger partial charge in [-0.05, 0) is 43.9 Å². The molecule has 21 heavy (non-hydrogen) atoms. The summed E-state index contributed by atoms with van der Waals surface area (Å²) < 4.78 is 38.3. The fraction of sp³-hybridized carbons (Fsp3) is 0.500. The molecule has 2 N–H and O–H groups in total. The Bertz CT molecular complexity index is 544. The Morgan fingerprint density at radius 2 is 2.10 bits per heavy atom. The number of carbonyl (C=O) groups excluding carboxylic acids is 1. The molecule has 1 amide bonds. The lowest BCUT2D eigenvalue weighted by Gasteiger charge is -2.30. The van der Waals surface area contributed by atoms with Crippen LogP contribution in [0.2, 0.25) is 5.02 Å². The molecule has 0 bridgehead atoms. The Kier molecular flexibility index (Phi) is 4.37. The molecule has 1 saturated carbocycles. The third-order valence-electron chi connectivity index (χ3n) is 3.65. The van der Waals surface area contributed by atoms with Crippen LogP contribution >= 0.6 is 11.6 Å². The van der Waals surface area contributed by atoms with E-state index in [9.17, 15) is 18.0 Å². The average molecular weight is 321 g/mol. The van der Waals surface area contributed by atoms with E-state index in [-0.39, 0.29) is 22.2 Å². The third kappa shape index (κ3) is 4.03. The van der Waals surface area contributed by atoms with Crippen LogP contribution in [0.25, 0.3) is 0 Å². The van der Waals surface area contributed by atoms with Crippen molar-refractivity contribution in [3.63, 3.8) is 0 Å². The molecule has 1 atom stereocenters. The largest absolute Gasteiger partial charge is 0.406 e. The van der Waals surface area contributed by atoms with Gasteiger partial charge in [0.2, 0.25) is 0 Å². The lowest BCUT2D eigenvalue weighted by Crippen LogP contribution is -2.45. The van der Waals surface area contributed by atoms with E-state index in [0.717, 1.165) is 17.7 Å². The lowest BCUT2D eigenvalue weighted by atomic mass is 10.1. The van der Waals surface area contributed by atoms with Gasteiger partial charge in [-0.2, -0.15) is 13.2 Å². The van der Waals surface area contributed by atoms with Gasteiger partial charge in [0.05, 0.1) is 5.56 Å². The molecule has 1 fully saturated rings. The van der Waals surface area contributed by atoms with Crippen LogP contribution in [-0.2, 0) is 0 Å². The van der Waals surface area contributed by atoms with Crippen molar-refractivity contribution in [1.82, 2.24) is 4.90 Å². The normalized spacial score (nSPS) is 16.6. The van der Waals surface area contributed by atoms with Gasteiger partial charge in [0.1, 0.15) is 6.54 Å². The second-order valence-corrected chi connectivity index (χ2v) is 5.79. The summed E-state index contributed by atoms with van der Waals surface area (Å²) in [6, 6.07) is 3.75. The van der Waals surface area contributed by atoms with Gasteiger partial charge in [0.25, 0.3) is 5.91 Å². The zero-order valence-electron chi connectivity index (χ0n) is 11.5. The number of nitrogens with two attached hydrogens (primary N) is 1. The number of halogens is 4. The number of nitrogens with zero attached hydrogens (tertiary/aromatic N) is 1. The molecule has 0 aromatic heterocycles. The molecule has 2 rings (SSSR count). The molecule has 0 radical (unpaired) electrons. The molecule has 0 aliphatic heterocycles. The first kappa shape index (κ1) is 15.9. The maximum Gasteiger partial charge on any atom is 0.406 e. The summed E-state index contributed by atoms with van der Waals surface area (Å²) >= 11 is 5.80. The number of amides is 1. The second kappa shape index (κ2) is 5.75. The number of carbonyl (C=O) groups is 1. The Balaban J connectivity index is 2.30. The summed E-state index contributed by atoms with van der Waals surface area (Å²) in [5.41, 5.74) is 5.83. The highest BCUT2D eigenvalue weighted by Gasteiger charge is 2.41. The maximum atomic E-state index is 12.8. The van der Waals surface area contributed by atoms with Crippen LogP contribution in [0.5, 0.6) is 0 Å². The van der Waals surface area contributed by atoms with Gasteiger partial charge < -0.3 is 10.6 Å². The monoisotopic (exact) mass is 320 g/mol. The minimum absolute atomic E-state index is 0.0132. The van der Waals surface area contributed by atoms with Crippen LogP contribution in [0, 0.1) is 5.92 Å². The smallest absolute Gasteiger partial charge is 0.398 e. The molecule has 1 aliphatic carbocycles. The standard InChI is InChI=1S/C14H16ClF3N2O/c1-8(9-2-3-9)20(7-14(16,17)18)13(21)11-6-10(15)4-5-12(11)19/h4-6,8-9H,2-3,7,19H2,1H3. The predicted octanol–water partition coefficient (Wildman–Crippen LogP) is 3.73. The quantitative estimate of drug-likeness (QED) is 0.859. The highest BCUT2D eigenvalue weighted by atomic mass is 35.5. The first-order chi connectivity index (χ1) is 9.69. The molecule has 116 valence electrons. The Hall–Kier alpha value is -1.43. The summed E-state index contributed by atoms with van der Waals surface area (Å²) in [5, 5.41) is 0.263. The SMILES string of the molecule is CC(C1CC1)N(CC(F)(F)F)C(=O)c1cc(Cl)ccc1N. The van der Waals surface area contributed by atoms with Crippen molar-refractivity contribution in [2.45, 2.75) is 32.0 Å². The van der Waals surface area contributed by atoms with E-state index in [0.29, 0.717) is 0 Å². The van der Waals surface area contributed by atoms with Crippen molar-refractivity contribution in [3.8, 4) is 0 Å². The van der Waals surface area contributed by atoms with Crippen molar-refractivity contribution in [2.75, 3.05) is 12.3 Å². The third-order valence-corrected chi connectivity index (χ3v) is 3.89. The molecule has 1 unspecified atom stereocenters. The number of nitrogen functional groups attached to an aromatic ring is 1. The number of hydrogen-bond acceptors (Lipinski definition) is 2. The minimum atomic E-state index is -4.45. The first-order valence-corrected chi connectivity index (χ1v) is 6.99. The number of hydrogen-bond donors (Lipinski definition) is 1. The zero-order chi connectivity index (χ0) is 15.8. The summed E-state index contributed by atoms with van der Waals surface area (Å²) in [5.74, 6) is -0.608. The summed E-state index contributed by atoms with van der Waals surface area (Å²) in [7, 11) is 0. The molecule has 0 saturated heterocycles. The fourth-order valence-electron chi connectivity index (χ4n) is 2.30. The number of alkyl halides is 3. The topological polar surface area (TPSA) is 46.3 Å². The van der Waals surface area contributed by atoms with Gasteiger partial charge in [-0.25, -0.2) is 0 Å². The molecule has 1 aromatic rings. The van der Waals surface area contributed by atoms with Gasteiger partial charge in [0, 0.05) is 16.8 Å². The number of benzene rings is 1. The van der Waals surface area contributed by atoms with Gasteiger partial charge in [0.15, 0.2) is 0 Å². The van der Waals surface area contributed by atoms with E-state index >= 15 is 0 Å². The Morgan fingerprint density at radius 3 is 2.62 bits per heavy atom. The van der Waals surface area contributed by atoms with E-state index in [1.54, 1.807) is 6.92 Å². The fourth-order valence-corrected chi connectivity index (χ4v) is 2.47. The van der Waals surface area contributed by atoms with Crippen LogP contribution in [0.1, 0.15) is 30.1 Å². The minimum Gasteiger partial charge on any atom is -0.398 e. The molecule has 0 heterocycles.